The Morgan fingerprint density at radius 3 is 2.69 bits per heavy atom. The van der Waals surface area contributed by atoms with Crippen LogP contribution in [0.4, 0.5) is 0 Å². The number of aryl methyl sites for hydroxylation is 1. The number of nitrogens with two attached hydrogens (primary N) is 1. The number of thioether (sulfide) groups is 1. The summed E-state index contributed by atoms with van der Waals surface area (Å²) in [6, 6.07) is 0.196. The summed E-state index contributed by atoms with van der Waals surface area (Å²) in [5, 5.41) is 12.0. The van der Waals surface area contributed by atoms with Gasteiger partial charge in [0.05, 0.1) is 0 Å². The molecule has 5 nitrogen and oxygen atoms in total. The molecule has 0 bridgehead atoms. The van der Waals surface area contributed by atoms with E-state index in [4.69, 9.17) is 5.73 Å². The van der Waals surface area contributed by atoms with Crippen LogP contribution >= 0.6 is 11.8 Å². The van der Waals surface area contributed by atoms with Gasteiger partial charge in [-0.3, -0.25) is 0 Å². The monoisotopic (exact) mass is 201 g/mol. The molecule has 1 heterocycles. The molecule has 0 aliphatic heterocycles. The molecular weight excluding hydrogens is 186 g/mol. The molecular formula is C7H15N5S. The van der Waals surface area contributed by atoms with Crippen LogP contribution in [0.3, 0.4) is 0 Å². The van der Waals surface area contributed by atoms with Crippen molar-refractivity contribution in [3.05, 3.63) is 0 Å². The van der Waals surface area contributed by atoms with Gasteiger partial charge in [-0.2, -0.15) is 0 Å². The van der Waals surface area contributed by atoms with Gasteiger partial charge in [-0.15, -0.1) is 5.10 Å². The van der Waals surface area contributed by atoms with E-state index < -0.39 is 0 Å². The lowest BCUT2D eigenvalue weighted by Gasteiger charge is -2.13. The quantitative estimate of drug-likeness (QED) is 0.709. The van der Waals surface area contributed by atoms with Crippen LogP contribution in [-0.2, 0) is 7.05 Å². The zero-order valence-electron chi connectivity index (χ0n) is 8.14. The van der Waals surface area contributed by atoms with E-state index in [2.05, 4.69) is 29.4 Å². The van der Waals surface area contributed by atoms with Crippen molar-refractivity contribution < 1.29 is 0 Å². The summed E-state index contributed by atoms with van der Waals surface area (Å²) in [5.74, 6) is 1.35. The first-order valence-corrected chi connectivity index (χ1v) is 5.20. The number of aromatic nitrogens is 4. The lowest BCUT2D eigenvalue weighted by atomic mass is 10.1. The van der Waals surface area contributed by atoms with Crippen molar-refractivity contribution >= 4 is 11.8 Å². The van der Waals surface area contributed by atoms with Crippen molar-refractivity contribution in [3.8, 4) is 0 Å². The maximum absolute atomic E-state index is 5.88. The van der Waals surface area contributed by atoms with Crippen LogP contribution in [0.5, 0.6) is 0 Å². The fourth-order valence-electron chi connectivity index (χ4n) is 0.707. The van der Waals surface area contributed by atoms with Crippen LogP contribution in [0.25, 0.3) is 0 Å². The van der Waals surface area contributed by atoms with Crippen LogP contribution in [-0.4, -0.2) is 32.0 Å². The maximum atomic E-state index is 5.88. The molecule has 1 unspecified atom stereocenters. The Balaban J connectivity index is 2.39. The van der Waals surface area contributed by atoms with Crippen molar-refractivity contribution in [3.63, 3.8) is 0 Å². The highest BCUT2D eigenvalue weighted by Gasteiger charge is 2.10. The molecule has 0 fully saturated rings. The molecule has 1 aromatic rings. The third-order valence-corrected chi connectivity index (χ3v) is 3.00. The van der Waals surface area contributed by atoms with Crippen molar-refractivity contribution in [2.24, 2.45) is 18.7 Å². The zero-order valence-corrected chi connectivity index (χ0v) is 8.95. The number of rotatable bonds is 4. The molecule has 0 aliphatic carbocycles. The molecule has 1 atom stereocenters. The van der Waals surface area contributed by atoms with Crippen LogP contribution in [0, 0.1) is 5.92 Å². The fraction of sp³-hybridized carbons (Fsp3) is 0.857. The maximum Gasteiger partial charge on any atom is 0.209 e. The van der Waals surface area contributed by atoms with Crippen LogP contribution in [0.15, 0.2) is 5.16 Å². The van der Waals surface area contributed by atoms with Gasteiger partial charge in [-0.1, -0.05) is 25.6 Å². The Morgan fingerprint density at radius 2 is 2.23 bits per heavy atom. The van der Waals surface area contributed by atoms with Gasteiger partial charge in [0, 0.05) is 18.8 Å². The number of nitrogens with zero attached hydrogens (tertiary/aromatic N) is 4. The Kier molecular flexibility index (Phi) is 3.68. The van der Waals surface area contributed by atoms with E-state index in [9.17, 15) is 0 Å². The minimum atomic E-state index is 0.196. The fourth-order valence-corrected chi connectivity index (χ4v) is 1.75. The van der Waals surface area contributed by atoms with Gasteiger partial charge in [0.15, 0.2) is 0 Å². The van der Waals surface area contributed by atoms with Gasteiger partial charge in [-0.25, -0.2) is 4.68 Å². The minimum Gasteiger partial charge on any atom is -0.327 e. The van der Waals surface area contributed by atoms with Crippen molar-refractivity contribution in [1.29, 1.82) is 0 Å². The van der Waals surface area contributed by atoms with Crippen LogP contribution < -0.4 is 5.73 Å². The van der Waals surface area contributed by atoms with E-state index in [0.717, 1.165) is 10.9 Å². The highest BCUT2D eigenvalue weighted by molar-refractivity contribution is 7.99. The third-order valence-electron chi connectivity index (χ3n) is 1.84. The smallest absolute Gasteiger partial charge is 0.209 e. The van der Waals surface area contributed by atoms with Gasteiger partial charge >= 0.3 is 0 Å². The second-order valence-electron chi connectivity index (χ2n) is 3.30. The second kappa shape index (κ2) is 4.57. The summed E-state index contributed by atoms with van der Waals surface area (Å²) in [6.07, 6.45) is 0. The summed E-state index contributed by atoms with van der Waals surface area (Å²) in [6.45, 7) is 4.22. The topological polar surface area (TPSA) is 69.6 Å². The predicted octanol–water partition coefficient (Wildman–Crippen LogP) is 0.285. The van der Waals surface area contributed by atoms with E-state index >= 15 is 0 Å². The molecule has 2 N–H and O–H groups in total. The van der Waals surface area contributed by atoms with Crippen molar-refractivity contribution in [2.75, 3.05) is 5.75 Å². The SMILES string of the molecule is CC(C)C(N)CSc1nnnn1C. The molecule has 0 aliphatic rings. The lowest BCUT2D eigenvalue weighted by molar-refractivity contribution is 0.534. The molecule has 74 valence electrons. The van der Waals surface area contributed by atoms with Gasteiger partial charge in [0.2, 0.25) is 5.16 Å². The summed E-state index contributed by atoms with van der Waals surface area (Å²) in [5.41, 5.74) is 5.88. The molecule has 0 saturated heterocycles. The average Bonchev–Trinajstić information content (AvgIpc) is 2.47. The van der Waals surface area contributed by atoms with E-state index in [-0.39, 0.29) is 6.04 Å². The molecule has 1 aromatic heterocycles. The van der Waals surface area contributed by atoms with Gasteiger partial charge in [0.1, 0.15) is 0 Å². The molecule has 13 heavy (non-hydrogen) atoms. The summed E-state index contributed by atoms with van der Waals surface area (Å²) >= 11 is 1.59. The lowest BCUT2D eigenvalue weighted by Crippen LogP contribution is -2.28. The first-order chi connectivity index (χ1) is 6.11. The second-order valence-corrected chi connectivity index (χ2v) is 4.29. The normalized spacial score (nSPS) is 13.6. The molecule has 0 amide bonds. The molecule has 0 aromatic carbocycles. The van der Waals surface area contributed by atoms with Gasteiger partial charge in [-0.05, 0) is 16.3 Å². The predicted molar refractivity (Wildman–Crippen MR) is 52.3 cm³/mol. The Hall–Kier alpha value is -0.620. The number of hydrogen-bond donors (Lipinski definition) is 1. The van der Waals surface area contributed by atoms with Gasteiger partial charge in [0.25, 0.3) is 0 Å². The van der Waals surface area contributed by atoms with E-state index in [1.54, 1.807) is 16.4 Å². The Labute approximate surface area is 82.1 Å². The highest BCUT2D eigenvalue weighted by Crippen LogP contribution is 2.15. The van der Waals surface area contributed by atoms with Crippen LogP contribution in [0.2, 0.25) is 0 Å². The largest absolute Gasteiger partial charge is 0.327 e. The Bertz CT molecular complexity index is 259. The number of tetrazole rings is 1. The van der Waals surface area contributed by atoms with Crippen LogP contribution in [0.1, 0.15) is 13.8 Å². The van der Waals surface area contributed by atoms with Crippen molar-refractivity contribution in [2.45, 2.75) is 25.0 Å². The molecule has 1 rings (SSSR count). The molecule has 0 spiro atoms. The average molecular weight is 201 g/mol. The first kappa shape index (κ1) is 10.5. The summed E-state index contributed by atoms with van der Waals surface area (Å²) < 4.78 is 1.65. The summed E-state index contributed by atoms with van der Waals surface area (Å²) in [7, 11) is 1.82. The van der Waals surface area contributed by atoms with E-state index in [0.29, 0.717) is 5.92 Å². The minimum absolute atomic E-state index is 0.196. The summed E-state index contributed by atoms with van der Waals surface area (Å²) in [4.78, 5) is 0. The Morgan fingerprint density at radius 1 is 1.54 bits per heavy atom. The van der Waals surface area contributed by atoms with E-state index in [1.807, 2.05) is 7.05 Å². The van der Waals surface area contributed by atoms with E-state index in [1.165, 1.54) is 0 Å². The molecule has 6 heteroatoms. The van der Waals surface area contributed by atoms with Crippen molar-refractivity contribution in [1.82, 2.24) is 20.2 Å². The molecule has 0 saturated carbocycles. The first-order valence-electron chi connectivity index (χ1n) is 4.22. The molecule has 0 radical (unpaired) electrons. The number of hydrogen-bond acceptors (Lipinski definition) is 5. The van der Waals surface area contributed by atoms with Gasteiger partial charge < -0.3 is 5.73 Å². The third kappa shape index (κ3) is 2.96. The zero-order chi connectivity index (χ0) is 9.84. The standard InChI is InChI=1S/C7H15N5S/c1-5(2)6(8)4-13-7-9-10-11-12(7)3/h5-6H,4,8H2,1-3H3. The highest BCUT2D eigenvalue weighted by atomic mass is 32.2.